The van der Waals surface area contributed by atoms with E-state index in [2.05, 4.69) is 4.90 Å². The van der Waals surface area contributed by atoms with Crippen molar-refractivity contribution < 1.29 is 14.3 Å². The summed E-state index contributed by atoms with van der Waals surface area (Å²) in [5, 5.41) is 8.81. The monoisotopic (exact) mass is 237 g/mol. The van der Waals surface area contributed by atoms with Gasteiger partial charge < -0.3 is 5.11 Å². The second-order valence-corrected chi connectivity index (χ2v) is 4.46. The van der Waals surface area contributed by atoms with E-state index >= 15 is 0 Å². The van der Waals surface area contributed by atoms with Crippen LogP contribution in [0.25, 0.3) is 0 Å². The third-order valence-electron chi connectivity index (χ3n) is 3.24. The summed E-state index contributed by atoms with van der Waals surface area (Å²) in [6.45, 7) is 1.36. The van der Waals surface area contributed by atoms with Gasteiger partial charge in [0, 0.05) is 18.2 Å². The SMILES string of the molecule is O=C(O)C[C@@H]1CCCN1Cc1ccccc1F. The molecule has 17 heavy (non-hydrogen) atoms. The van der Waals surface area contributed by atoms with E-state index in [4.69, 9.17) is 5.11 Å². The number of hydrogen-bond acceptors (Lipinski definition) is 2. The average Bonchev–Trinajstić information content (AvgIpc) is 2.68. The zero-order valence-electron chi connectivity index (χ0n) is 9.60. The maximum Gasteiger partial charge on any atom is 0.304 e. The molecule has 0 radical (unpaired) electrons. The predicted octanol–water partition coefficient (Wildman–Crippen LogP) is 2.26. The van der Waals surface area contributed by atoms with Crippen LogP contribution in [0.2, 0.25) is 0 Å². The Morgan fingerprint density at radius 1 is 1.47 bits per heavy atom. The molecule has 0 spiro atoms. The van der Waals surface area contributed by atoms with Gasteiger partial charge in [0.05, 0.1) is 6.42 Å². The molecule has 0 aromatic heterocycles. The Morgan fingerprint density at radius 3 is 2.94 bits per heavy atom. The van der Waals surface area contributed by atoms with Gasteiger partial charge in [-0.05, 0) is 25.5 Å². The summed E-state index contributed by atoms with van der Waals surface area (Å²) < 4.78 is 13.5. The van der Waals surface area contributed by atoms with Gasteiger partial charge in [-0.15, -0.1) is 0 Å². The number of halogens is 1. The number of carboxylic acid groups (broad SMARTS) is 1. The second kappa shape index (κ2) is 5.27. The van der Waals surface area contributed by atoms with E-state index in [9.17, 15) is 9.18 Å². The molecular formula is C13H16FNO2. The van der Waals surface area contributed by atoms with Crippen LogP contribution in [0.3, 0.4) is 0 Å². The summed E-state index contributed by atoms with van der Waals surface area (Å²) in [6.07, 6.45) is 2.03. The molecule has 0 unspecified atom stereocenters. The summed E-state index contributed by atoms with van der Waals surface area (Å²) in [7, 11) is 0. The number of benzene rings is 1. The van der Waals surface area contributed by atoms with Crippen molar-refractivity contribution in [2.45, 2.75) is 31.8 Å². The first-order valence-electron chi connectivity index (χ1n) is 5.86. The highest BCUT2D eigenvalue weighted by Gasteiger charge is 2.26. The lowest BCUT2D eigenvalue weighted by atomic mass is 10.1. The fourth-order valence-corrected chi connectivity index (χ4v) is 2.38. The molecule has 0 bridgehead atoms. The quantitative estimate of drug-likeness (QED) is 0.873. The van der Waals surface area contributed by atoms with Gasteiger partial charge in [0.1, 0.15) is 5.82 Å². The van der Waals surface area contributed by atoms with Crippen molar-refractivity contribution in [1.82, 2.24) is 4.90 Å². The highest BCUT2D eigenvalue weighted by molar-refractivity contribution is 5.67. The first kappa shape index (κ1) is 12.0. The summed E-state index contributed by atoms with van der Waals surface area (Å²) in [5.74, 6) is -0.996. The lowest BCUT2D eigenvalue weighted by molar-refractivity contribution is -0.138. The Bertz CT molecular complexity index is 408. The fraction of sp³-hybridized carbons (Fsp3) is 0.462. The van der Waals surface area contributed by atoms with Gasteiger partial charge in [-0.3, -0.25) is 9.69 Å². The zero-order chi connectivity index (χ0) is 12.3. The first-order valence-corrected chi connectivity index (χ1v) is 5.86. The van der Waals surface area contributed by atoms with E-state index in [0.29, 0.717) is 12.1 Å². The Kier molecular flexibility index (Phi) is 3.74. The van der Waals surface area contributed by atoms with Crippen LogP contribution in [-0.4, -0.2) is 28.6 Å². The number of rotatable bonds is 4. The van der Waals surface area contributed by atoms with Crippen molar-refractivity contribution in [3.63, 3.8) is 0 Å². The van der Waals surface area contributed by atoms with Crippen molar-refractivity contribution in [3.8, 4) is 0 Å². The molecular weight excluding hydrogens is 221 g/mol. The van der Waals surface area contributed by atoms with Crippen LogP contribution in [-0.2, 0) is 11.3 Å². The molecule has 1 atom stereocenters. The molecule has 1 N–H and O–H groups in total. The molecule has 4 heteroatoms. The van der Waals surface area contributed by atoms with Gasteiger partial charge >= 0.3 is 5.97 Å². The van der Waals surface area contributed by atoms with Gasteiger partial charge in [-0.25, -0.2) is 4.39 Å². The van der Waals surface area contributed by atoms with Gasteiger partial charge in [0.15, 0.2) is 0 Å². The van der Waals surface area contributed by atoms with Gasteiger partial charge in [-0.1, -0.05) is 18.2 Å². The number of carboxylic acids is 1. The molecule has 2 rings (SSSR count). The molecule has 1 heterocycles. The van der Waals surface area contributed by atoms with E-state index in [1.165, 1.54) is 6.07 Å². The molecule has 1 aromatic rings. The molecule has 1 aliphatic rings. The average molecular weight is 237 g/mol. The minimum atomic E-state index is -0.782. The minimum Gasteiger partial charge on any atom is -0.481 e. The number of nitrogens with zero attached hydrogens (tertiary/aromatic N) is 1. The summed E-state index contributed by atoms with van der Waals surface area (Å²) in [4.78, 5) is 12.8. The molecule has 1 aromatic carbocycles. The van der Waals surface area contributed by atoms with Crippen molar-refractivity contribution in [2.24, 2.45) is 0 Å². The second-order valence-electron chi connectivity index (χ2n) is 4.46. The largest absolute Gasteiger partial charge is 0.481 e. The molecule has 1 aliphatic heterocycles. The van der Waals surface area contributed by atoms with Crippen molar-refractivity contribution >= 4 is 5.97 Å². The van der Waals surface area contributed by atoms with Crippen LogP contribution < -0.4 is 0 Å². The third kappa shape index (κ3) is 3.03. The van der Waals surface area contributed by atoms with Crippen LogP contribution in [0, 0.1) is 5.82 Å². The van der Waals surface area contributed by atoms with Gasteiger partial charge in [-0.2, -0.15) is 0 Å². The number of carbonyl (C=O) groups is 1. The Balaban J connectivity index is 2.03. The van der Waals surface area contributed by atoms with E-state index < -0.39 is 5.97 Å². The van der Waals surface area contributed by atoms with Crippen LogP contribution in [0.4, 0.5) is 4.39 Å². The lowest BCUT2D eigenvalue weighted by Gasteiger charge is -2.23. The van der Waals surface area contributed by atoms with Gasteiger partial charge in [0.25, 0.3) is 0 Å². The van der Waals surface area contributed by atoms with Crippen molar-refractivity contribution in [3.05, 3.63) is 35.6 Å². The van der Waals surface area contributed by atoms with Crippen LogP contribution in [0.5, 0.6) is 0 Å². The third-order valence-corrected chi connectivity index (χ3v) is 3.24. The molecule has 1 saturated heterocycles. The maximum absolute atomic E-state index is 13.5. The molecule has 0 saturated carbocycles. The summed E-state index contributed by atoms with van der Waals surface area (Å²) in [5.41, 5.74) is 0.643. The fourth-order valence-electron chi connectivity index (χ4n) is 2.38. The number of aliphatic carboxylic acids is 1. The predicted molar refractivity (Wildman–Crippen MR) is 62.1 cm³/mol. The smallest absolute Gasteiger partial charge is 0.304 e. The highest BCUT2D eigenvalue weighted by Crippen LogP contribution is 2.23. The van der Waals surface area contributed by atoms with Crippen molar-refractivity contribution in [1.29, 1.82) is 0 Å². The zero-order valence-corrected chi connectivity index (χ0v) is 9.60. The standard InChI is InChI=1S/C13H16FNO2/c14-12-6-2-1-4-10(12)9-15-7-3-5-11(15)8-13(16)17/h1-2,4,6,11H,3,5,7-9H2,(H,16,17)/t11-/m0/s1. The van der Waals surface area contributed by atoms with Crippen molar-refractivity contribution in [2.75, 3.05) is 6.54 Å². The van der Waals surface area contributed by atoms with E-state index in [1.807, 2.05) is 0 Å². The normalized spacial score (nSPS) is 20.6. The lowest BCUT2D eigenvalue weighted by Crippen LogP contribution is -2.31. The molecule has 1 fully saturated rings. The summed E-state index contributed by atoms with van der Waals surface area (Å²) >= 11 is 0. The number of likely N-dealkylation sites (tertiary alicyclic amines) is 1. The molecule has 92 valence electrons. The van der Waals surface area contributed by atoms with E-state index in [-0.39, 0.29) is 18.3 Å². The van der Waals surface area contributed by atoms with E-state index in [1.54, 1.807) is 18.2 Å². The topological polar surface area (TPSA) is 40.5 Å². The first-order chi connectivity index (χ1) is 8.16. The molecule has 3 nitrogen and oxygen atoms in total. The minimum absolute atomic E-state index is 0.0482. The maximum atomic E-state index is 13.5. The molecule has 0 aliphatic carbocycles. The van der Waals surface area contributed by atoms with Gasteiger partial charge in [0.2, 0.25) is 0 Å². The summed E-state index contributed by atoms with van der Waals surface area (Å²) in [6, 6.07) is 6.72. The molecule has 0 amide bonds. The van der Waals surface area contributed by atoms with Crippen LogP contribution >= 0.6 is 0 Å². The number of hydrogen-bond donors (Lipinski definition) is 1. The van der Waals surface area contributed by atoms with Crippen LogP contribution in [0.15, 0.2) is 24.3 Å². The Morgan fingerprint density at radius 2 is 2.24 bits per heavy atom. The Hall–Kier alpha value is -1.42. The van der Waals surface area contributed by atoms with E-state index in [0.717, 1.165) is 19.4 Å². The van der Waals surface area contributed by atoms with Crippen LogP contribution in [0.1, 0.15) is 24.8 Å². The Labute approximate surface area is 99.9 Å². The highest BCUT2D eigenvalue weighted by atomic mass is 19.1.